The van der Waals surface area contributed by atoms with Crippen molar-refractivity contribution < 1.29 is 83.4 Å². The van der Waals surface area contributed by atoms with Gasteiger partial charge < -0.3 is 37.9 Å². The lowest BCUT2D eigenvalue weighted by Gasteiger charge is -2.26. The van der Waals surface area contributed by atoms with Crippen molar-refractivity contribution in [1.82, 2.24) is 0 Å². The number of alkyl halides is 6. The molecule has 9 rings (SSSR count). The van der Waals surface area contributed by atoms with Crippen LogP contribution in [0.25, 0.3) is 53.6 Å². The van der Waals surface area contributed by atoms with Crippen molar-refractivity contribution in [3.63, 3.8) is 0 Å². The summed E-state index contributed by atoms with van der Waals surface area (Å²) < 4.78 is 142. The van der Waals surface area contributed by atoms with Crippen LogP contribution in [0.1, 0.15) is 144 Å². The largest absolute Gasteiger partial charge is 0.494 e. The van der Waals surface area contributed by atoms with Gasteiger partial charge in [-0.15, -0.1) is 22.7 Å². The Balaban J connectivity index is 0.697. The summed E-state index contributed by atoms with van der Waals surface area (Å²) in [6.45, 7) is 12.7. The number of thiophene rings is 2. The number of unbranched alkanes of at least 4 members (excludes halogenated alkanes) is 12. The number of ether oxygens (including phenoxy) is 8. The zero-order chi connectivity index (χ0) is 70.4. The van der Waals surface area contributed by atoms with Gasteiger partial charge in [-0.05, 0) is 212 Å². The molecule has 8 aromatic rings. The van der Waals surface area contributed by atoms with Crippen LogP contribution >= 0.6 is 22.7 Å². The van der Waals surface area contributed by atoms with Gasteiger partial charge in [-0.3, -0.25) is 0 Å². The molecule has 99 heavy (non-hydrogen) atoms. The van der Waals surface area contributed by atoms with E-state index in [-0.39, 0.29) is 54.3 Å². The highest BCUT2D eigenvalue weighted by molar-refractivity contribution is 7.19. The predicted octanol–water partition coefficient (Wildman–Crippen LogP) is 20.8. The summed E-state index contributed by atoms with van der Waals surface area (Å²) in [6, 6.07) is 39.5. The molecule has 1 aliphatic rings. The normalized spacial score (nSPS) is 13.7. The Kier molecular flexibility index (Phi) is 26.9. The lowest BCUT2D eigenvalue weighted by molar-refractivity contribution is -0.254. The van der Waals surface area contributed by atoms with Gasteiger partial charge in [-0.2, -0.15) is 26.3 Å². The van der Waals surface area contributed by atoms with Gasteiger partial charge in [0.1, 0.15) is 23.0 Å². The highest BCUT2D eigenvalue weighted by atomic mass is 32.1. The molecule has 20 heteroatoms. The molecule has 0 spiro atoms. The summed E-state index contributed by atoms with van der Waals surface area (Å²) in [5.41, 5.74) is 0.384. The van der Waals surface area contributed by atoms with E-state index in [9.17, 15) is 19.2 Å². The SMILES string of the molecule is C=CC(=O)OCCCCCCOc1ccc(-c2ccc(OCCCCCCOC(=O)c3ccc4c(C5=C(c6c(C)sc7cc(C(=O)OCCCCCCOc8ccc(-c9ccc(OCCCCCCOC(=O)C=C)cc9)cc8)ccc67)C(F)(F)C(F)(F)C5(F)F)c(C)sc4c3)cc2)cc1. The smallest absolute Gasteiger partial charge is 0.380 e. The zero-order valence-corrected chi connectivity index (χ0v) is 57.4. The highest BCUT2D eigenvalue weighted by Gasteiger charge is 2.80. The van der Waals surface area contributed by atoms with E-state index in [1.807, 2.05) is 97.1 Å². The molecule has 0 saturated carbocycles. The first-order valence-corrected chi connectivity index (χ1v) is 35.2. The summed E-state index contributed by atoms with van der Waals surface area (Å²) in [4.78, 5) is 48.9. The van der Waals surface area contributed by atoms with Gasteiger partial charge in [-0.1, -0.05) is 73.8 Å². The summed E-state index contributed by atoms with van der Waals surface area (Å²) in [5, 5.41) is -0.00109. The van der Waals surface area contributed by atoms with E-state index in [1.165, 1.54) is 50.2 Å². The molecular formula is C79H82F6O12S2. The van der Waals surface area contributed by atoms with Crippen LogP contribution in [0.5, 0.6) is 23.0 Å². The monoisotopic (exact) mass is 1400 g/mol. The average molecular weight is 1400 g/mol. The Bertz CT molecular complexity index is 3810. The molecule has 2 aromatic heterocycles. The van der Waals surface area contributed by atoms with Gasteiger partial charge in [0.05, 0.1) is 64.0 Å². The fourth-order valence-corrected chi connectivity index (χ4v) is 13.8. The van der Waals surface area contributed by atoms with Crippen molar-refractivity contribution >= 4 is 77.9 Å². The van der Waals surface area contributed by atoms with Crippen molar-refractivity contribution in [1.29, 1.82) is 0 Å². The third-order valence-electron chi connectivity index (χ3n) is 17.0. The molecule has 12 nitrogen and oxygen atoms in total. The third-order valence-corrected chi connectivity index (χ3v) is 19.1. The molecule has 0 aliphatic heterocycles. The van der Waals surface area contributed by atoms with Crippen LogP contribution in [0.15, 0.2) is 159 Å². The van der Waals surface area contributed by atoms with Crippen LogP contribution in [-0.4, -0.2) is 94.5 Å². The molecule has 0 atom stereocenters. The van der Waals surface area contributed by atoms with Gasteiger partial charge in [-0.25, -0.2) is 19.2 Å². The van der Waals surface area contributed by atoms with Crippen molar-refractivity contribution in [2.75, 3.05) is 52.9 Å². The molecule has 0 amide bonds. The lowest BCUT2D eigenvalue weighted by Crippen LogP contribution is -2.48. The topological polar surface area (TPSA) is 142 Å². The van der Waals surface area contributed by atoms with E-state index in [0.717, 1.165) is 170 Å². The maximum Gasteiger partial charge on any atom is 0.380 e. The molecule has 524 valence electrons. The summed E-state index contributed by atoms with van der Waals surface area (Å²) >= 11 is 1.83. The number of hydrogen-bond donors (Lipinski definition) is 0. The van der Waals surface area contributed by atoms with E-state index in [4.69, 9.17) is 37.9 Å². The van der Waals surface area contributed by atoms with Crippen molar-refractivity contribution in [2.24, 2.45) is 0 Å². The summed E-state index contributed by atoms with van der Waals surface area (Å²) in [6.07, 6.45) is 15.3. The van der Waals surface area contributed by atoms with Gasteiger partial charge in [0.25, 0.3) is 0 Å². The Morgan fingerprint density at radius 3 is 0.899 bits per heavy atom. The number of aryl methyl sites for hydroxylation is 2. The maximum absolute atomic E-state index is 16.4. The molecule has 6 aromatic carbocycles. The maximum atomic E-state index is 16.4. The molecule has 0 N–H and O–H groups in total. The minimum Gasteiger partial charge on any atom is -0.494 e. The molecular weight excluding hydrogens is 1320 g/mol. The van der Waals surface area contributed by atoms with Crippen LogP contribution in [0.4, 0.5) is 26.3 Å². The molecule has 0 unspecified atom stereocenters. The first-order valence-electron chi connectivity index (χ1n) is 33.6. The van der Waals surface area contributed by atoms with Crippen molar-refractivity contribution in [3.8, 4) is 45.3 Å². The van der Waals surface area contributed by atoms with Crippen LogP contribution < -0.4 is 18.9 Å². The summed E-state index contributed by atoms with van der Waals surface area (Å²) in [5.74, 6) is -15.6. The first kappa shape index (κ1) is 74.3. The predicted molar refractivity (Wildman–Crippen MR) is 377 cm³/mol. The third kappa shape index (κ3) is 19.3. The second kappa shape index (κ2) is 35.8. The molecule has 0 fully saturated rings. The Morgan fingerprint density at radius 1 is 0.364 bits per heavy atom. The van der Waals surface area contributed by atoms with Crippen molar-refractivity contribution in [3.05, 3.63) is 191 Å². The number of rotatable bonds is 40. The van der Waals surface area contributed by atoms with Crippen LogP contribution in [0.3, 0.4) is 0 Å². The Labute approximate surface area is 581 Å². The van der Waals surface area contributed by atoms with Gasteiger partial charge in [0.15, 0.2) is 0 Å². The van der Waals surface area contributed by atoms with Crippen LogP contribution in [-0.2, 0) is 28.5 Å². The molecule has 0 radical (unpaired) electrons. The summed E-state index contributed by atoms with van der Waals surface area (Å²) in [7, 11) is 0. The molecule has 0 bridgehead atoms. The second-order valence-corrected chi connectivity index (χ2v) is 26.6. The van der Waals surface area contributed by atoms with E-state index in [0.29, 0.717) is 52.5 Å². The second-order valence-electron chi connectivity index (χ2n) is 24.1. The number of benzene rings is 6. The van der Waals surface area contributed by atoms with Gasteiger partial charge in [0, 0.05) is 64.4 Å². The number of carbonyl (C=O) groups is 4. The van der Waals surface area contributed by atoms with Gasteiger partial charge in [0.2, 0.25) is 0 Å². The minimum atomic E-state index is -5.82. The first-order chi connectivity index (χ1) is 47.8. The standard InChI is InChI=1S/C79H82F6O12S2/c1-5-69(86)94-47-19-11-7-15-43-90-61-33-23-55(24-34-61)57-27-37-63(38-28-57)92-45-17-9-13-21-49-96-75(88)59-31-41-65-67(51-59)98-53(3)71(65)73-74(78(82,83)79(84,85)77(73,80)81)72-54(4)99-68-52-60(32-42-66(68)72)76(89)97-50-22-14-10-18-46-93-64-39-29-58(30-40-64)56-25-35-62(36-26-56)91-44-16-8-12-20-48-95-70(87)6-2/h5-6,23-42,51-52H,1-2,7-22,43-50H2,3-4H3. The highest BCUT2D eigenvalue weighted by Crippen LogP contribution is 2.67. The van der Waals surface area contributed by atoms with E-state index >= 15 is 26.3 Å². The number of hydrogen-bond acceptors (Lipinski definition) is 14. The number of esters is 4. The fourth-order valence-electron chi connectivity index (χ4n) is 11.6. The van der Waals surface area contributed by atoms with E-state index in [2.05, 4.69) is 13.2 Å². The lowest BCUT2D eigenvalue weighted by atomic mass is 9.91. The fraction of sp³-hybridized carbons (Fsp3) is 0.367. The molecule has 0 saturated heterocycles. The van der Waals surface area contributed by atoms with Crippen molar-refractivity contribution in [2.45, 2.75) is 134 Å². The van der Waals surface area contributed by atoms with E-state index < -0.39 is 63.9 Å². The van der Waals surface area contributed by atoms with E-state index in [1.54, 1.807) is 0 Å². The zero-order valence-electron chi connectivity index (χ0n) is 55.7. The van der Waals surface area contributed by atoms with Crippen LogP contribution in [0.2, 0.25) is 0 Å². The molecule has 1 aliphatic carbocycles. The number of halogens is 6. The average Bonchev–Trinajstić information content (AvgIpc) is 1.52. The quantitative estimate of drug-likeness (QED) is 0.0119. The number of carbonyl (C=O) groups excluding carboxylic acids is 4. The minimum absolute atomic E-state index is 0.000546. The van der Waals surface area contributed by atoms with Crippen LogP contribution in [0, 0.1) is 13.8 Å². The number of fused-ring (bicyclic) bond motifs is 2. The number of allylic oxidation sites excluding steroid dienone is 2. The van der Waals surface area contributed by atoms with Gasteiger partial charge >= 0.3 is 41.6 Å². The Hall–Kier alpha value is -8.88. The molecule has 2 heterocycles. The Morgan fingerprint density at radius 2 is 0.626 bits per heavy atom.